The molecule has 1 atom stereocenters. The fraction of sp³-hybridized carbons (Fsp3) is 0.333. The topological polar surface area (TPSA) is 84.3 Å². The van der Waals surface area contributed by atoms with E-state index in [1.54, 1.807) is 41.1 Å². The number of amides is 1. The minimum atomic E-state index is -3.40. The first-order chi connectivity index (χ1) is 15.4. The number of rotatable bonds is 8. The maximum absolute atomic E-state index is 12.6. The van der Waals surface area contributed by atoms with Crippen molar-refractivity contribution in [1.82, 2.24) is 19.2 Å². The third-order valence-corrected chi connectivity index (χ3v) is 7.75. The molecule has 0 spiro atoms. The second-order valence-corrected chi connectivity index (χ2v) is 10.0. The number of carbonyl (C=O) groups is 1. The number of hydrogen-bond donors (Lipinski definition) is 1. The molecule has 1 aliphatic rings. The van der Waals surface area contributed by atoms with Gasteiger partial charge in [-0.2, -0.15) is 4.31 Å². The SMILES string of the molecule is C[C@@H](NC(=O)CCc1ccc(S(=O)(=O)N2CCCC2)cc1)c1ccc(-n2ccnc2)cc1. The van der Waals surface area contributed by atoms with Crippen LogP contribution in [0.5, 0.6) is 0 Å². The number of imidazole rings is 1. The average molecular weight is 453 g/mol. The van der Waals surface area contributed by atoms with E-state index in [1.807, 2.05) is 42.0 Å². The molecule has 2 heterocycles. The lowest BCUT2D eigenvalue weighted by molar-refractivity contribution is -0.121. The van der Waals surface area contributed by atoms with E-state index >= 15 is 0 Å². The van der Waals surface area contributed by atoms with E-state index in [9.17, 15) is 13.2 Å². The van der Waals surface area contributed by atoms with Gasteiger partial charge in [-0.25, -0.2) is 13.4 Å². The van der Waals surface area contributed by atoms with E-state index in [2.05, 4.69) is 10.3 Å². The van der Waals surface area contributed by atoms with Crippen LogP contribution >= 0.6 is 0 Å². The van der Waals surface area contributed by atoms with Gasteiger partial charge in [-0.3, -0.25) is 4.79 Å². The van der Waals surface area contributed by atoms with Gasteiger partial charge < -0.3 is 9.88 Å². The van der Waals surface area contributed by atoms with Gasteiger partial charge in [0.2, 0.25) is 15.9 Å². The molecule has 1 aromatic heterocycles. The zero-order valence-corrected chi connectivity index (χ0v) is 19.0. The molecular formula is C24H28N4O3S. The number of aromatic nitrogens is 2. The number of benzene rings is 2. The van der Waals surface area contributed by atoms with Crippen molar-refractivity contribution in [2.45, 2.75) is 43.5 Å². The van der Waals surface area contributed by atoms with Crippen LogP contribution < -0.4 is 5.32 Å². The summed E-state index contributed by atoms with van der Waals surface area (Å²) in [5.41, 5.74) is 2.98. The first-order valence-corrected chi connectivity index (χ1v) is 12.3. The Kier molecular flexibility index (Phi) is 6.72. The van der Waals surface area contributed by atoms with Crippen LogP contribution in [0.15, 0.2) is 72.1 Å². The zero-order valence-electron chi connectivity index (χ0n) is 18.1. The Balaban J connectivity index is 1.29. The molecule has 1 saturated heterocycles. The quantitative estimate of drug-likeness (QED) is 0.567. The summed E-state index contributed by atoms with van der Waals surface area (Å²) < 4.78 is 28.7. The Bertz CT molecular complexity index is 1130. The smallest absolute Gasteiger partial charge is 0.243 e. The van der Waals surface area contributed by atoms with E-state index in [1.165, 1.54) is 0 Å². The predicted octanol–water partition coefficient (Wildman–Crippen LogP) is 3.47. The average Bonchev–Trinajstić information content (AvgIpc) is 3.53. The first kappa shape index (κ1) is 22.2. The molecule has 2 aromatic carbocycles. The number of aryl methyl sites for hydroxylation is 1. The Morgan fingerprint density at radius 3 is 2.38 bits per heavy atom. The predicted molar refractivity (Wildman–Crippen MR) is 123 cm³/mol. The van der Waals surface area contributed by atoms with Gasteiger partial charge in [0, 0.05) is 37.6 Å². The highest BCUT2D eigenvalue weighted by Gasteiger charge is 2.26. The van der Waals surface area contributed by atoms with Crippen LogP contribution in [0.4, 0.5) is 0 Å². The molecule has 0 saturated carbocycles. The van der Waals surface area contributed by atoms with Crippen LogP contribution in [-0.4, -0.2) is 41.3 Å². The highest BCUT2D eigenvalue weighted by Crippen LogP contribution is 2.21. The van der Waals surface area contributed by atoms with Gasteiger partial charge >= 0.3 is 0 Å². The van der Waals surface area contributed by atoms with Gasteiger partial charge in [0.05, 0.1) is 17.3 Å². The molecule has 8 heteroatoms. The molecule has 3 aromatic rings. The fourth-order valence-corrected chi connectivity index (χ4v) is 5.42. The third-order valence-electron chi connectivity index (χ3n) is 5.84. The molecule has 1 amide bonds. The lowest BCUT2D eigenvalue weighted by Gasteiger charge is -2.16. The minimum Gasteiger partial charge on any atom is -0.350 e. The largest absolute Gasteiger partial charge is 0.350 e. The Morgan fingerprint density at radius 2 is 1.75 bits per heavy atom. The monoisotopic (exact) mass is 452 g/mol. The van der Waals surface area contributed by atoms with Crippen molar-refractivity contribution < 1.29 is 13.2 Å². The van der Waals surface area contributed by atoms with Gasteiger partial charge in [0.15, 0.2) is 0 Å². The Labute approximate surface area is 189 Å². The summed E-state index contributed by atoms with van der Waals surface area (Å²) in [6.07, 6.45) is 8.09. The van der Waals surface area contributed by atoms with E-state index < -0.39 is 10.0 Å². The van der Waals surface area contributed by atoms with E-state index in [4.69, 9.17) is 0 Å². The molecule has 4 rings (SSSR count). The lowest BCUT2D eigenvalue weighted by Crippen LogP contribution is -2.28. The van der Waals surface area contributed by atoms with Crippen LogP contribution in [0.1, 0.15) is 43.4 Å². The second-order valence-electron chi connectivity index (χ2n) is 8.11. The molecule has 0 aliphatic carbocycles. The molecule has 7 nitrogen and oxygen atoms in total. The van der Waals surface area contributed by atoms with Crippen molar-refractivity contribution in [2.24, 2.45) is 0 Å². The lowest BCUT2D eigenvalue weighted by atomic mass is 10.1. The summed E-state index contributed by atoms with van der Waals surface area (Å²) in [5, 5.41) is 3.03. The minimum absolute atomic E-state index is 0.0371. The van der Waals surface area contributed by atoms with E-state index in [0.717, 1.165) is 29.7 Å². The van der Waals surface area contributed by atoms with Crippen LogP contribution in [0.3, 0.4) is 0 Å². The number of hydrogen-bond acceptors (Lipinski definition) is 4. The van der Waals surface area contributed by atoms with E-state index in [-0.39, 0.29) is 11.9 Å². The Hall–Kier alpha value is -2.97. The van der Waals surface area contributed by atoms with Crippen LogP contribution in [0.25, 0.3) is 5.69 Å². The van der Waals surface area contributed by atoms with Gasteiger partial charge in [0.1, 0.15) is 0 Å². The Morgan fingerprint density at radius 1 is 1.06 bits per heavy atom. The summed E-state index contributed by atoms with van der Waals surface area (Å²) in [5.74, 6) is -0.0371. The molecule has 1 fully saturated rings. The summed E-state index contributed by atoms with van der Waals surface area (Å²) in [4.78, 5) is 16.8. The van der Waals surface area contributed by atoms with Crippen molar-refractivity contribution in [2.75, 3.05) is 13.1 Å². The highest BCUT2D eigenvalue weighted by atomic mass is 32.2. The fourth-order valence-electron chi connectivity index (χ4n) is 3.91. The highest BCUT2D eigenvalue weighted by molar-refractivity contribution is 7.89. The van der Waals surface area contributed by atoms with Crippen molar-refractivity contribution >= 4 is 15.9 Å². The molecule has 1 N–H and O–H groups in total. The van der Waals surface area contributed by atoms with Gasteiger partial charge in [-0.15, -0.1) is 0 Å². The van der Waals surface area contributed by atoms with Gasteiger partial charge in [-0.05, 0) is 61.6 Å². The number of carbonyl (C=O) groups excluding carboxylic acids is 1. The van der Waals surface area contributed by atoms with Crippen molar-refractivity contribution in [3.63, 3.8) is 0 Å². The van der Waals surface area contributed by atoms with Gasteiger partial charge in [-0.1, -0.05) is 24.3 Å². The maximum Gasteiger partial charge on any atom is 0.243 e. The second kappa shape index (κ2) is 9.67. The van der Waals surface area contributed by atoms with Crippen LogP contribution in [0, 0.1) is 0 Å². The van der Waals surface area contributed by atoms with Gasteiger partial charge in [0.25, 0.3) is 0 Å². The molecule has 0 bridgehead atoms. The van der Waals surface area contributed by atoms with Crippen molar-refractivity contribution in [3.05, 3.63) is 78.4 Å². The molecule has 32 heavy (non-hydrogen) atoms. The van der Waals surface area contributed by atoms with Crippen LogP contribution in [-0.2, 0) is 21.2 Å². The summed E-state index contributed by atoms with van der Waals surface area (Å²) in [7, 11) is -3.40. The molecule has 0 unspecified atom stereocenters. The third kappa shape index (κ3) is 5.08. The maximum atomic E-state index is 12.6. The number of nitrogens with one attached hydrogen (secondary N) is 1. The standard InChI is InChI=1S/C24H28N4O3S/c1-19(21-7-9-22(10-8-21)27-17-14-25-18-27)26-24(29)13-6-20-4-11-23(12-5-20)32(30,31)28-15-2-3-16-28/h4-5,7-12,14,17-19H,2-3,6,13,15-16H2,1H3,(H,26,29)/t19-/m1/s1. The molecule has 0 radical (unpaired) electrons. The normalized spacial score (nSPS) is 15.5. The van der Waals surface area contributed by atoms with E-state index in [0.29, 0.717) is 30.8 Å². The zero-order chi connectivity index (χ0) is 22.6. The van der Waals surface area contributed by atoms with Crippen molar-refractivity contribution in [3.8, 4) is 5.69 Å². The summed E-state index contributed by atoms with van der Waals surface area (Å²) in [6.45, 7) is 3.14. The number of sulfonamides is 1. The summed E-state index contributed by atoms with van der Waals surface area (Å²) >= 11 is 0. The first-order valence-electron chi connectivity index (χ1n) is 10.9. The summed E-state index contributed by atoms with van der Waals surface area (Å²) in [6, 6.07) is 14.8. The molecular weight excluding hydrogens is 424 g/mol. The number of nitrogens with zero attached hydrogens (tertiary/aromatic N) is 3. The molecule has 168 valence electrons. The van der Waals surface area contributed by atoms with Crippen molar-refractivity contribution in [1.29, 1.82) is 0 Å². The van der Waals surface area contributed by atoms with Crippen LogP contribution in [0.2, 0.25) is 0 Å². The molecule has 1 aliphatic heterocycles.